The molecule has 0 unspecified atom stereocenters. The highest BCUT2D eigenvalue weighted by Gasteiger charge is 2.18. The van der Waals surface area contributed by atoms with E-state index in [2.05, 4.69) is 17.0 Å². The van der Waals surface area contributed by atoms with E-state index in [9.17, 15) is 4.79 Å². The van der Waals surface area contributed by atoms with Gasteiger partial charge in [0.25, 0.3) is 5.91 Å². The van der Waals surface area contributed by atoms with Crippen molar-refractivity contribution in [1.82, 2.24) is 4.90 Å². The number of morpholine rings is 1. The largest absolute Gasteiger partial charge is 0.491 e. The summed E-state index contributed by atoms with van der Waals surface area (Å²) < 4.78 is 11.1. The Hall–Kier alpha value is -2.53. The van der Waals surface area contributed by atoms with Gasteiger partial charge in [-0.2, -0.15) is 0 Å². The summed E-state index contributed by atoms with van der Waals surface area (Å²) in [5.41, 5.74) is 2.99. The molecule has 1 amide bonds. The second-order valence-corrected chi connectivity index (χ2v) is 7.08. The maximum Gasteiger partial charge on any atom is 0.253 e. The van der Waals surface area contributed by atoms with Gasteiger partial charge < -0.3 is 19.3 Å². The Labute approximate surface area is 161 Å². The number of carbonyl (C=O) groups is 1. The molecule has 0 radical (unpaired) electrons. The van der Waals surface area contributed by atoms with Crippen LogP contribution >= 0.6 is 0 Å². The average molecular weight is 368 g/mol. The summed E-state index contributed by atoms with van der Waals surface area (Å²) in [6.45, 7) is 7.79. The monoisotopic (exact) mass is 368 g/mol. The lowest BCUT2D eigenvalue weighted by atomic mass is 10.1. The fourth-order valence-electron chi connectivity index (χ4n) is 3.25. The lowest BCUT2D eigenvalue weighted by Gasteiger charge is -2.31. The number of hydrogen-bond donors (Lipinski definition) is 0. The summed E-state index contributed by atoms with van der Waals surface area (Å²) in [6, 6.07) is 15.6. The minimum Gasteiger partial charge on any atom is -0.491 e. The van der Waals surface area contributed by atoms with Crippen LogP contribution in [0.4, 0.5) is 5.69 Å². The van der Waals surface area contributed by atoms with Crippen LogP contribution in [0.15, 0.2) is 48.5 Å². The van der Waals surface area contributed by atoms with E-state index in [1.54, 1.807) is 4.90 Å². The zero-order chi connectivity index (χ0) is 19.2. The number of benzene rings is 2. The SMILES string of the molecule is CC(C)Oc1ccc(C(=O)N(C)Cc2ccccc2N2CCOCC2)cc1. The van der Waals surface area contributed by atoms with E-state index in [4.69, 9.17) is 9.47 Å². The van der Waals surface area contributed by atoms with Gasteiger partial charge in [-0.3, -0.25) is 4.79 Å². The number of amides is 1. The van der Waals surface area contributed by atoms with Crippen molar-refractivity contribution in [2.45, 2.75) is 26.5 Å². The molecule has 2 aromatic carbocycles. The third kappa shape index (κ3) is 5.01. The molecule has 144 valence electrons. The summed E-state index contributed by atoms with van der Waals surface area (Å²) in [6.07, 6.45) is 0.117. The van der Waals surface area contributed by atoms with Gasteiger partial charge in [0.2, 0.25) is 0 Å². The first-order valence-electron chi connectivity index (χ1n) is 9.47. The maximum atomic E-state index is 12.8. The van der Waals surface area contributed by atoms with Crippen LogP contribution < -0.4 is 9.64 Å². The Balaban J connectivity index is 1.69. The highest BCUT2D eigenvalue weighted by molar-refractivity contribution is 5.94. The van der Waals surface area contributed by atoms with E-state index >= 15 is 0 Å². The van der Waals surface area contributed by atoms with Gasteiger partial charge in [-0.15, -0.1) is 0 Å². The number of nitrogens with zero attached hydrogens (tertiary/aromatic N) is 2. The topological polar surface area (TPSA) is 42.0 Å². The van der Waals surface area contributed by atoms with Gasteiger partial charge in [-0.25, -0.2) is 0 Å². The van der Waals surface area contributed by atoms with Gasteiger partial charge in [-0.1, -0.05) is 18.2 Å². The van der Waals surface area contributed by atoms with Crippen molar-refractivity contribution in [1.29, 1.82) is 0 Å². The molecule has 1 fully saturated rings. The van der Waals surface area contributed by atoms with Gasteiger partial charge in [0.15, 0.2) is 0 Å². The predicted octanol–water partition coefficient (Wildman–Crippen LogP) is 3.58. The molecule has 5 nitrogen and oxygen atoms in total. The third-order valence-electron chi connectivity index (χ3n) is 4.57. The van der Waals surface area contributed by atoms with Crippen molar-refractivity contribution in [3.05, 3.63) is 59.7 Å². The fourth-order valence-corrected chi connectivity index (χ4v) is 3.25. The maximum absolute atomic E-state index is 12.8. The molecule has 0 bridgehead atoms. The first kappa shape index (κ1) is 19.2. The number of hydrogen-bond acceptors (Lipinski definition) is 4. The Morgan fingerprint density at radius 1 is 1.11 bits per heavy atom. The van der Waals surface area contributed by atoms with Crippen molar-refractivity contribution in [2.75, 3.05) is 38.3 Å². The summed E-state index contributed by atoms with van der Waals surface area (Å²) in [5, 5.41) is 0. The minimum atomic E-state index is 0.00266. The first-order valence-corrected chi connectivity index (χ1v) is 9.47. The Morgan fingerprint density at radius 3 is 2.44 bits per heavy atom. The van der Waals surface area contributed by atoms with Crippen molar-refractivity contribution >= 4 is 11.6 Å². The zero-order valence-electron chi connectivity index (χ0n) is 16.4. The van der Waals surface area contributed by atoms with Crippen LogP contribution in [0.25, 0.3) is 0 Å². The molecule has 0 aliphatic carbocycles. The Kier molecular flexibility index (Phi) is 6.35. The highest BCUT2D eigenvalue weighted by Crippen LogP contribution is 2.23. The summed E-state index contributed by atoms with van der Waals surface area (Å²) in [7, 11) is 1.84. The average Bonchev–Trinajstić information content (AvgIpc) is 2.68. The molecule has 0 saturated carbocycles. The van der Waals surface area contributed by atoms with Crippen molar-refractivity contribution in [2.24, 2.45) is 0 Å². The van der Waals surface area contributed by atoms with Crippen molar-refractivity contribution in [3.8, 4) is 5.75 Å². The van der Waals surface area contributed by atoms with E-state index in [0.717, 1.165) is 37.6 Å². The molecule has 0 atom stereocenters. The molecule has 0 spiro atoms. The lowest BCUT2D eigenvalue weighted by Crippen LogP contribution is -2.37. The Morgan fingerprint density at radius 2 is 1.78 bits per heavy atom. The second-order valence-electron chi connectivity index (χ2n) is 7.08. The number of rotatable bonds is 6. The van der Waals surface area contributed by atoms with Gasteiger partial charge in [0, 0.05) is 37.9 Å². The molecule has 1 heterocycles. The molecule has 1 aliphatic heterocycles. The van der Waals surface area contributed by atoms with Crippen LogP contribution in [-0.4, -0.2) is 50.3 Å². The fraction of sp³-hybridized carbons (Fsp3) is 0.409. The summed E-state index contributed by atoms with van der Waals surface area (Å²) in [5.74, 6) is 0.782. The molecule has 0 N–H and O–H groups in total. The summed E-state index contributed by atoms with van der Waals surface area (Å²) >= 11 is 0. The number of ether oxygens (including phenoxy) is 2. The van der Waals surface area contributed by atoms with Gasteiger partial charge in [0.05, 0.1) is 19.3 Å². The van der Waals surface area contributed by atoms with Gasteiger partial charge >= 0.3 is 0 Å². The van der Waals surface area contributed by atoms with E-state index in [-0.39, 0.29) is 12.0 Å². The standard InChI is InChI=1S/C22H28N2O3/c1-17(2)27-20-10-8-18(9-11-20)22(25)23(3)16-19-6-4-5-7-21(19)24-12-14-26-15-13-24/h4-11,17H,12-16H2,1-3H3. The van der Waals surface area contributed by atoms with Crippen LogP contribution in [-0.2, 0) is 11.3 Å². The molecular formula is C22H28N2O3. The molecule has 5 heteroatoms. The van der Waals surface area contributed by atoms with Crippen molar-refractivity contribution < 1.29 is 14.3 Å². The third-order valence-corrected chi connectivity index (χ3v) is 4.57. The smallest absolute Gasteiger partial charge is 0.253 e. The molecular weight excluding hydrogens is 340 g/mol. The molecule has 27 heavy (non-hydrogen) atoms. The van der Waals surface area contributed by atoms with Gasteiger partial charge in [-0.05, 0) is 49.7 Å². The second kappa shape index (κ2) is 8.91. The molecule has 3 rings (SSSR count). The normalized spacial score (nSPS) is 14.3. The van der Waals surface area contributed by atoms with Gasteiger partial charge in [0.1, 0.15) is 5.75 Å². The van der Waals surface area contributed by atoms with Crippen LogP contribution in [0.3, 0.4) is 0 Å². The quantitative estimate of drug-likeness (QED) is 0.782. The molecule has 1 aliphatic rings. The minimum absolute atomic E-state index is 0.00266. The van der Waals surface area contributed by atoms with E-state index in [1.807, 2.05) is 57.3 Å². The van der Waals surface area contributed by atoms with Crippen LogP contribution in [0.1, 0.15) is 29.8 Å². The Bertz CT molecular complexity index is 752. The molecule has 1 saturated heterocycles. The van der Waals surface area contributed by atoms with E-state index in [0.29, 0.717) is 12.1 Å². The highest BCUT2D eigenvalue weighted by atomic mass is 16.5. The number of anilines is 1. The van der Waals surface area contributed by atoms with Crippen LogP contribution in [0, 0.1) is 0 Å². The zero-order valence-corrected chi connectivity index (χ0v) is 16.4. The predicted molar refractivity (Wildman–Crippen MR) is 107 cm³/mol. The molecule has 0 aromatic heterocycles. The molecule has 2 aromatic rings. The van der Waals surface area contributed by atoms with E-state index in [1.165, 1.54) is 5.69 Å². The first-order chi connectivity index (χ1) is 13.0. The van der Waals surface area contributed by atoms with E-state index < -0.39 is 0 Å². The van der Waals surface area contributed by atoms with Crippen LogP contribution in [0.2, 0.25) is 0 Å². The lowest BCUT2D eigenvalue weighted by molar-refractivity contribution is 0.0785. The van der Waals surface area contributed by atoms with Crippen molar-refractivity contribution in [3.63, 3.8) is 0 Å². The summed E-state index contributed by atoms with van der Waals surface area (Å²) in [4.78, 5) is 16.9. The van der Waals surface area contributed by atoms with Crippen LogP contribution in [0.5, 0.6) is 5.75 Å². The number of para-hydroxylation sites is 1. The number of carbonyl (C=O) groups excluding carboxylic acids is 1.